The minimum absolute atomic E-state index is 0.0549. The first-order valence-electron chi connectivity index (χ1n) is 12.7. The van der Waals surface area contributed by atoms with Crippen LogP contribution in [0.4, 0.5) is 10.8 Å². The Hall–Kier alpha value is -4.00. The van der Waals surface area contributed by atoms with E-state index in [-0.39, 0.29) is 16.1 Å². The zero-order chi connectivity index (χ0) is 28.4. The Balaban J connectivity index is 1.46. The van der Waals surface area contributed by atoms with Crippen molar-refractivity contribution in [2.75, 3.05) is 18.1 Å². The van der Waals surface area contributed by atoms with Crippen molar-refractivity contribution in [2.24, 2.45) is 11.0 Å². The lowest BCUT2D eigenvalue weighted by Crippen LogP contribution is -2.39. The van der Waals surface area contributed by atoms with E-state index in [1.54, 1.807) is 0 Å². The number of nitro benzene ring substituents is 1. The molecular formula is C28H27N5O5S2. The number of fused-ring (bicyclic) bond motifs is 1. The number of amides is 1. The van der Waals surface area contributed by atoms with Gasteiger partial charge in [-0.1, -0.05) is 24.3 Å². The van der Waals surface area contributed by atoms with Crippen molar-refractivity contribution < 1.29 is 18.1 Å². The minimum atomic E-state index is -3.67. The van der Waals surface area contributed by atoms with Crippen LogP contribution in [0.3, 0.4) is 0 Å². The average molecular weight is 578 g/mol. The van der Waals surface area contributed by atoms with Gasteiger partial charge in [-0.2, -0.15) is 14.4 Å². The van der Waals surface area contributed by atoms with E-state index < -0.39 is 20.9 Å². The molecule has 1 aliphatic rings. The summed E-state index contributed by atoms with van der Waals surface area (Å²) in [5.41, 5.74) is 2.50. The van der Waals surface area contributed by atoms with Crippen LogP contribution in [0, 0.1) is 23.0 Å². The first-order chi connectivity index (χ1) is 19.1. The van der Waals surface area contributed by atoms with Gasteiger partial charge in [0.1, 0.15) is 0 Å². The van der Waals surface area contributed by atoms with Gasteiger partial charge in [0.2, 0.25) is 15.2 Å². The van der Waals surface area contributed by atoms with E-state index in [1.807, 2.05) is 32.0 Å². The standard InChI is InChI=1S/C28H27N5O5S2/c1-19-5-14-25-26(16-19)39-28(30-25)32(29-17-21-6-10-23(11-7-21)33(35)36)27(34)22-8-12-24(13-9-22)40(37,38)31-15-3-4-20(2)18-31/h5-14,16-17,20H,3-4,15,18H2,1-2H3/b29-17+. The largest absolute Gasteiger partial charge is 0.280 e. The molecule has 0 spiro atoms. The van der Waals surface area contributed by atoms with Gasteiger partial charge in [-0.05, 0) is 85.3 Å². The Morgan fingerprint density at radius 1 is 1.15 bits per heavy atom. The molecule has 12 heteroatoms. The predicted octanol–water partition coefficient (Wildman–Crippen LogP) is 5.61. The van der Waals surface area contributed by atoms with Crippen LogP contribution < -0.4 is 5.01 Å². The van der Waals surface area contributed by atoms with Gasteiger partial charge in [-0.3, -0.25) is 14.9 Å². The number of non-ortho nitro benzene ring substituents is 1. The van der Waals surface area contributed by atoms with Crippen molar-refractivity contribution in [1.82, 2.24) is 9.29 Å². The van der Waals surface area contributed by atoms with Crippen LogP contribution >= 0.6 is 11.3 Å². The number of anilines is 1. The zero-order valence-electron chi connectivity index (χ0n) is 21.9. The number of nitro groups is 1. The summed E-state index contributed by atoms with van der Waals surface area (Å²) in [6.45, 7) is 4.97. The molecule has 1 unspecified atom stereocenters. The molecule has 1 amide bonds. The minimum Gasteiger partial charge on any atom is -0.267 e. The number of hydrogen-bond acceptors (Lipinski definition) is 8. The Bertz CT molecular complexity index is 1700. The Labute approximate surface area is 235 Å². The van der Waals surface area contributed by atoms with Gasteiger partial charge in [0.15, 0.2) is 0 Å². The Morgan fingerprint density at radius 2 is 1.88 bits per heavy atom. The van der Waals surface area contributed by atoms with Crippen molar-refractivity contribution >= 4 is 54.5 Å². The van der Waals surface area contributed by atoms with Crippen molar-refractivity contribution in [1.29, 1.82) is 0 Å². The van der Waals surface area contributed by atoms with Crippen LogP contribution in [0.2, 0.25) is 0 Å². The zero-order valence-corrected chi connectivity index (χ0v) is 23.6. The average Bonchev–Trinajstić information content (AvgIpc) is 3.36. The quantitative estimate of drug-likeness (QED) is 0.160. The molecule has 206 valence electrons. The van der Waals surface area contributed by atoms with Crippen LogP contribution in [0.5, 0.6) is 0 Å². The van der Waals surface area contributed by atoms with Crippen LogP contribution in [0.25, 0.3) is 10.2 Å². The number of aromatic nitrogens is 1. The second-order valence-corrected chi connectivity index (χ2v) is 12.8. The molecule has 1 atom stereocenters. The second kappa shape index (κ2) is 11.2. The third-order valence-electron chi connectivity index (χ3n) is 6.69. The molecule has 1 aliphatic heterocycles. The summed E-state index contributed by atoms with van der Waals surface area (Å²) in [6.07, 6.45) is 3.25. The van der Waals surface area contributed by atoms with E-state index >= 15 is 0 Å². The summed E-state index contributed by atoms with van der Waals surface area (Å²) in [4.78, 5) is 28.9. The lowest BCUT2D eigenvalue weighted by Gasteiger charge is -2.30. The summed E-state index contributed by atoms with van der Waals surface area (Å²) >= 11 is 1.30. The first kappa shape index (κ1) is 27.6. The molecule has 0 radical (unpaired) electrons. The second-order valence-electron chi connectivity index (χ2n) is 9.81. The molecular weight excluding hydrogens is 550 g/mol. The molecule has 0 saturated carbocycles. The first-order valence-corrected chi connectivity index (χ1v) is 15.0. The van der Waals surface area contributed by atoms with Crippen LogP contribution in [0.1, 0.15) is 41.3 Å². The molecule has 2 heterocycles. The molecule has 0 bridgehead atoms. The van der Waals surface area contributed by atoms with Crippen molar-refractivity contribution in [3.63, 3.8) is 0 Å². The summed E-state index contributed by atoms with van der Waals surface area (Å²) in [5.74, 6) is -0.200. The molecule has 1 saturated heterocycles. The fourth-order valence-electron chi connectivity index (χ4n) is 4.51. The van der Waals surface area contributed by atoms with Gasteiger partial charge in [-0.15, -0.1) is 0 Å². The fraction of sp³-hybridized carbons (Fsp3) is 0.250. The predicted molar refractivity (Wildman–Crippen MR) is 155 cm³/mol. The molecule has 40 heavy (non-hydrogen) atoms. The molecule has 0 aliphatic carbocycles. The summed E-state index contributed by atoms with van der Waals surface area (Å²) in [5, 5.41) is 16.9. The van der Waals surface area contributed by atoms with Crippen molar-refractivity contribution in [2.45, 2.75) is 31.6 Å². The van der Waals surface area contributed by atoms with Crippen LogP contribution in [0.15, 0.2) is 76.7 Å². The number of carbonyl (C=O) groups is 1. The van der Waals surface area contributed by atoms with E-state index in [1.165, 1.54) is 70.4 Å². The topological polar surface area (TPSA) is 126 Å². The third-order valence-corrected chi connectivity index (χ3v) is 9.56. The molecule has 3 aromatic carbocycles. The molecule has 0 N–H and O–H groups in total. The molecule has 1 aromatic heterocycles. The lowest BCUT2D eigenvalue weighted by atomic mass is 10.0. The van der Waals surface area contributed by atoms with Gasteiger partial charge in [0, 0.05) is 30.8 Å². The highest BCUT2D eigenvalue weighted by molar-refractivity contribution is 7.89. The van der Waals surface area contributed by atoms with Gasteiger partial charge in [-0.25, -0.2) is 13.4 Å². The lowest BCUT2D eigenvalue weighted by molar-refractivity contribution is -0.384. The normalized spacial score (nSPS) is 16.4. The summed E-state index contributed by atoms with van der Waals surface area (Å²) in [6, 6.07) is 17.4. The van der Waals surface area contributed by atoms with Gasteiger partial charge >= 0.3 is 0 Å². The third kappa shape index (κ3) is 5.79. The number of thiazole rings is 1. The number of nitrogens with zero attached hydrogens (tertiary/aromatic N) is 5. The van der Waals surface area contributed by atoms with Gasteiger partial charge < -0.3 is 0 Å². The highest BCUT2D eigenvalue weighted by Gasteiger charge is 2.29. The highest BCUT2D eigenvalue weighted by Crippen LogP contribution is 2.31. The summed E-state index contributed by atoms with van der Waals surface area (Å²) < 4.78 is 28.7. The monoisotopic (exact) mass is 577 g/mol. The van der Waals surface area contributed by atoms with Crippen molar-refractivity contribution in [3.05, 3.63) is 93.5 Å². The number of hydrogen-bond donors (Lipinski definition) is 0. The van der Waals surface area contributed by atoms with Crippen LogP contribution in [-0.2, 0) is 10.0 Å². The van der Waals surface area contributed by atoms with E-state index in [2.05, 4.69) is 10.1 Å². The number of aryl methyl sites for hydroxylation is 1. The fourth-order valence-corrected chi connectivity index (χ4v) is 7.13. The van der Waals surface area contributed by atoms with E-state index in [0.717, 1.165) is 28.1 Å². The van der Waals surface area contributed by atoms with E-state index in [0.29, 0.717) is 35.2 Å². The summed E-state index contributed by atoms with van der Waals surface area (Å²) in [7, 11) is -3.67. The molecule has 4 aromatic rings. The van der Waals surface area contributed by atoms with E-state index in [4.69, 9.17) is 0 Å². The maximum Gasteiger partial charge on any atom is 0.280 e. The number of carbonyl (C=O) groups excluding carboxylic acids is 1. The smallest absolute Gasteiger partial charge is 0.267 e. The highest BCUT2D eigenvalue weighted by atomic mass is 32.2. The van der Waals surface area contributed by atoms with Gasteiger partial charge in [0.05, 0.1) is 26.3 Å². The Kier molecular flexibility index (Phi) is 7.74. The number of benzene rings is 3. The van der Waals surface area contributed by atoms with Crippen LogP contribution in [-0.4, -0.2) is 47.8 Å². The van der Waals surface area contributed by atoms with Crippen molar-refractivity contribution in [3.8, 4) is 0 Å². The SMILES string of the molecule is Cc1ccc2nc(N(/N=C/c3ccc([N+](=O)[O-])cc3)C(=O)c3ccc(S(=O)(=O)N4CCCC(C)C4)cc3)sc2c1. The molecule has 5 rings (SSSR count). The molecule has 10 nitrogen and oxygen atoms in total. The number of hydrazone groups is 1. The van der Waals surface area contributed by atoms with E-state index in [9.17, 15) is 23.3 Å². The maximum atomic E-state index is 13.7. The molecule has 1 fully saturated rings. The number of piperidine rings is 1. The number of sulfonamides is 1. The van der Waals surface area contributed by atoms with Gasteiger partial charge in [0.25, 0.3) is 11.6 Å². The number of rotatable bonds is 7. The Morgan fingerprint density at radius 3 is 2.55 bits per heavy atom. The maximum absolute atomic E-state index is 13.7.